The molecule has 0 atom stereocenters. The summed E-state index contributed by atoms with van der Waals surface area (Å²) in [4.78, 5) is 24.7. The van der Waals surface area contributed by atoms with E-state index in [1.807, 2.05) is 13.0 Å². The number of amides is 3. The number of halogens is 1. The first-order valence-corrected chi connectivity index (χ1v) is 9.20. The summed E-state index contributed by atoms with van der Waals surface area (Å²) in [5, 5.41) is 12.0. The molecule has 0 aromatic heterocycles. The van der Waals surface area contributed by atoms with Crippen molar-refractivity contribution < 1.29 is 19.1 Å². The topological polar surface area (TPSA) is 91.7 Å². The zero-order valence-corrected chi connectivity index (χ0v) is 16.6. The molecule has 2 aromatic carbocycles. The maximum absolute atomic E-state index is 12.1. The molecule has 1 aliphatic heterocycles. The predicted molar refractivity (Wildman–Crippen MR) is 107 cm³/mol. The lowest BCUT2D eigenvalue weighted by Crippen LogP contribution is -2.25. The van der Waals surface area contributed by atoms with Gasteiger partial charge in [-0.3, -0.25) is 9.69 Å². The van der Waals surface area contributed by atoms with Crippen LogP contribution in [-0.4, -0.2) is 30.5 Å². The van der Waals surface area contributed by atoms with Gasteiger partial charge in [0, 0.05) is 12.6 Å². The third-order valence-electron chi connectivity index (χ3n) is 4.23. The Morgan fingerprint density at radius 2 is 2.00 bits per heavy atom. The molecule has 0 radical (unpaired) electrons. The first-order valence-electron chi connectivity index (χ1n) is 8.82. The van der Waals surface area contributed by atoms with Crippen molar-refractivity contribution in [3.8, 4) is 17.6 Å². The van der Waals surface area contributed by atoms with Crippen molar-refractivity contribution in [2.75, 3.05) is 13.7 Å². The average molecular weight is 412 g/mol. The van der Waals surface area contributed by atoms with Gasteiger partial charge >= 0.3 is 6.03 Å². The molecular formula is C21H18ClN3O4. The molecule has 1 N–H and O–H groups in total. The zero-order valence-electron chi connectivity index (χ0n) is 15.9. The Balaban J connectivity index is 1.90. The van der Waals surface area contributed by atoms with Gasteiger partial charge in [-0.1, -0.05) is 29.8 Å². The van der Waals surface area contributed by atoms with Crippen LogP contribution in [0.25, 0.3) is 6.08 Å². The molecule has 3 amide bonds. The molecule has 1 aliphatic rings. The summed E-state index contributed by atoms with van der Waals surface area (Å²) >= 11 is 6.41. The minimum Gasteiger partial charge on any atom is -0.490 e. The smallest absolute Gasteiger partial charge is 0.328 e. The van der Waals surface area contributed by atoms with Gasteiger partial charge in [0.25, 0.3) is 5.91 Å². The van der Waals surface area contributed by atoms with Crippen LogP contribution in [0.5, 0.6) is 11.5 Å². The summed E-state index contributed by atoms with van der Waals surface area (Å²) in [6.45, 7) is 2.34. The SMILES string of the molecule is CCOc1cc(/C=C2/NC(=O)N(C)C2=O)cc(Cl)c1OCc1ccccc1C#N. The van der Waals surface area contributed by atoms with Gasteiger partial charge < -0.3 is 14.8 Å². The molecule has 7 nitrogen and oxygen atoms in total. The van der Waals surface area contributed by atoms with Gasteiger partial charge in [-0.05, 0) is 36.8 Å². The molecule has 3 rings (SSSR count). The molecule has 29 heavy (non-hydrogen) atoms. The van der Waals surface area contributed by atoms with E-state index in [0.29, 0.717) is 29.2 Å². The fourth-order valence-electron chi connectivity index (χ4n) is 2.77. The maximum atomic E-state index is 12.1. The van der Waals surface area contributed by atoms with E-state index in [-0.39, 0.29) is 17.3 Å². The Bertz CT molecular complexity index is 1040. The van der Waals surface area contributed by atoms with Crippen molar-refractivity contribution in [2.45, 2.75) is 13.5 Å². The van der Waals surface area contributed by atoms with Crippen molar-refractivity contribution in [3.63, 3.8) is 0 Å². The van der Waals surface area contributed by atoms with Crippen LogP contribution in [-0.2, 0) is 11.4 Å². The van der Waals surface area contributed by atoms with Gasteiger partial charge in [-0.15, -0.1) is 0 Å². The van der Waals surface area contributed by atoms with Gasteiger partial charge in [0.05, 0.1) is 23.3 Å². The quantitative estimate of drug-likeness (QED) is 0.577. The number of nitrogens with zero attached hydrogens (tertiary/aromatic N) is 2. The van der Waals surface area contributed by atoms with Crippen LogP contribution in [0.3, 0.4) is 0 Å². The molecule has 0 unspecified atom stereocenters. The van der Waals surface area contributed by atoms with Gasteiger partial charge in [0.2, 0.25) is 0 Å². The van der Waals surface area contributed by atoms with E-state index in [1.54, 1.807) is 30.3 Å². The molecule has 8 heteroatoms. The number of urea groups is 1. The van der Waals surface area contributed by atoms with Crippen LogP contribution >= 0.6 is 11.6 Å². The van der Waals surface area contributed by atoms with E-state index < -0.39 is 11.9 Å². The highest BCUT2D eigenvalue weighted by Crippen LogP contribution is 2.38. The third-order valence-corrected chi connectivity index (χ3v) is 4.51. The van der Waals surface area contributed by atoms with Gasteiger partial charge in [-0.2, -0.15) is 5.26 Å². The normalized spacial score (nSPS) is 14.7. The summed E-state index contributed by atoms with van der Waals surface area (Å²) < 4.78 is 11.5. The minimum absolute atomic E-state index is 0.142. The number of nitrogens with one attached hydrogen (secondary N) is 1. The summed E-state index contributed by atoms with van der Waals surface area (Å²) in [6.07, 6.45) is 1.52. The molecule has 1 heterocycles. The van der Waals surface area contributed by atoms with Crippen molar-refractivity contribution in [1.82, 2.24) is 10.2 Å². The van der Waals surface area contributed by atoms with Crippen molar-refractivity contribution in [3.05, 3.63) is 63.8 Å². The largest absolute Gasteiger partial charge is 0.490 e. The third kappa shape index (κ3) is 4.33. The van der Waals surface area contributed by atoms with Crippen LogP contribution < -0.4 is 14.8 Å². The van der Waals surface area contributed by atoms with Gasteiger partial charge in [0.15, 0.2) is 11.5 Å². The van der Waals surface area contributed by atoms with Crippen molar-refractivity contribution in [1.29, 1.82) is 5.26 Å². The Morgan fingerprint density at radius 1 is 1.24 bits per heavy atom. The molecule has 0 spiro atoms. The van der Waals surface area contributed by atoms with E-state index in [4.69, 9.17) is 21.1 Å². The second-order valence-corrected chi connectivity index (χ2v) is 6.58. The number of ether oxygens (including phenoxy) is 2. The van der Waals surface area contributed by atoms with Crippen LogP contribution in [0.1, 0.15) is 23.6 Å². The number of carbonyl (C=O) groups excluding carboxylic acids is 2. The predicted octanol–water partition coefficient (Wildman–Crippen LogP) is 3.71. The van der Waals surface area contributed by atoms with Crippen LogP contribution in [0.4, 0.5) is 4.79 Å². The molecule has 0 aliphatic carbocycles. The second-order valence-electron chi connectivity index (χ2n) is 6.17. The lowest BCUT2D eigenvalue weighted by Gasteiger charge is -2.15. The molecular weight excluding hydrogens is 394 g/mol. The number of hydrogen-bond donors (Lipinski definition) is 1. The number of imide groups is 1. The lowest BCUT2D eigenvalue weighted by atomic mass is 10.1. The Morgan fingerprint density at radius 3 is 2.66 bits per heavy atom. The average Bonchev–Trinajstić information content (AvgIpc) is 2.94. The van der Waals surface area contributed by atoms with Crippen LogP contribution in [0.2, 0.25) is 5.02 Å². The molecule has 148 valence electrons. The fourth-order valence-corrected chi connectivity index (χ4v) is 3.04. The van der Waals surface area contributed by atoms with Gasteiger partial charge in [-0.25, -0.2) is 4.79 Å². The number of benzene rings is 2. The Hall–Kier alpha value is -3.50. The maximum Gasteiger partial charge on any atom is 0.328 e. The van der Waals surface area contributed by atoms with Gasteiger partial charge in [0.1, 0.15) is 12.3 Å². The van der Waals surface area contributed by atoms with E-state index in [9.17, 15) is 14.9 Å². The monoisotopic (exact) mass is 411 g/mol. The summed E-state index contributed by atoms with van der Waals surface area (Å²) in [5.41, 5.74) is 1.96. The number of rotatable bonds is 6. The summed E-state index contributed by atoms with van der Waals surface area (Å²) in [7, 11) is 1.40. The highest BCUT2D eigenvalue weighted by molar-refractivity contribution is 6.32. The van der Waals surface area contributed by atoms with E-state index in [1.165, 1.54) is 13.1 Å². The summed E-state index contributed by atoms with van der Waals surface area (Å²) in [5.74, 6) is 0.297. The molecule has 1 saturated heterocycles. The Kier molecular flexibility index (Phi) is 6.05. The highest BCUT2D eigenvalue weighted by atomic mass is 35.5. The van der Waals surface area contributed by atoms with Crippen molar-refractivity contribution in [2.24, 2.45) is 0 Å². The minimum atomic E-state index is -0.492. The molecule has 1 fully saturated rings. The molecule has 2 aromatic rings. The number of nitriles is 1. The molecule has 0 saturated carbocycles. The number of hydrogen-bond acceptors (Lipinski definition) is 5. The second kappa shape index (κ2) is 8.67. The van der Waals surface area contributed by atoms with E-state index >= 15 is 0 Å². The van der Waals surface area contributed by atoms with E-state index in [2.05, 4.69) is 11.4 Å². The Labute approximate surface area is 173 Å². The standard InChI is InChI=1S/C21H18ClN3O4/c1-3-28-18-10-13(9-17-20(26)25(2)21(27)24-17)8-16(22)19(18)29-12-15-7-5-4-6-14(15)11-23/h4-10H,3,12H2,1-2H3,(H,24,27)/b17-9+. The fraction of sp³-hybridized carbons (Fsp3) is 0.190. The summed E-state index contributed by atoms with van der Waals surface area (Å²) in [6, 6.07) is 12.0. The first-order chi connectivity index (χ1) is 13.9. The zero-order chi connectivity index (χ0) is 21.0. The molecule has 0 bridgehead atoms. The van der Waals surface area contributed by atoms with Crippen LogP contribution in [0, 0.1) is 11.3 Å². The van der Waals surface area contributed by atoms with Crippen molar-refractivity contribution >= 4 is 29.6 Å². The number of carbonyl (C=O) groups is 2. The van der Waals surface area contributed by atoms with E-state index in [0.717, 1.165) is 10.5 Å². The lowest BCUT2D eigenvalue weighted by molar-refractivity contribution is -0.121. The first kappa shape index (κ1) is 20.2. The van der Waals surface area contributed by atoms with Crippen LogP contribution in [0.15, 0.2) is 42.1 Å². The number of likely N-dealkylation sites (N-methyl/N-ethyl adjacent to an activating group) is 1. The highest BCUT2D eigenvalue weighted by Gasteiger charge is 2.30.